The third-order valence-electron chi connectivity index (χ3n) is 4.36. The van der Waals surface area contributed by atoms with Gasteiger partial charge in [0, 0.05) is 12.2 Å². The minimum Gasteiger partial charge on any atom is -0.497 e. The van der Waals surface area contributed by atoms with Gasteiger partial charge in [0.25, 0.3) is 5.91 Å². The number of nitrogens with one attached hydrogen (secondary N) is 2. The molecule has 1 heterocycles. The molecule has 0 aliphatic heterocycles. The van der Waals surface area contributed by atoms with Crippen molar-refractivity contribution in [3.63, 3.8) is 0 Å². The van der Waals surface area contributed by atoms with E-state index in [1.54, 1.807) is 19.2 Å². The Kier molecular flexibility index (Phi) is 6.22. The van der Waals surface area contributed by atoms with Gasteiger partial charge < -0.3 is 15.4 Å². The van der Waals surface area contributed by atoms with E-state index in [1.165, 1.54) is 0 Å². The molecule has 0 fully saturated rings. The van der Waals surface area contributed by atoms with Crippen LogP contribution in [0.25, 0.3) is 0 Å². The fraction of sp³-hybridized carbons (Fsp3) is 0.227. The number of methoxy groups -OCH3 is 1. The summed E-state index contributed by atoms with van der Waals surface area (Å²) < 4.78 is 5.15. The second-order valence-corrected chi connectivity index (χ2v) is 6.70. The molecule has 1 aromatic heterocycles. The molecule has 0 atom stereocenters. The molecule has 0 radical (unpaired) electrons. The zero-order valence-electron chi connectivity index (χ0n) is 16.3. The summed E-state index contributed by atoms with van der Waals surface area (Å²) in [6.07, 6.45) is 0. The van der Waals surface area contributed by atoms with Crippen molar-refractivity contribution in [2.24, 2.45) is 0 Å². The second-order valence-electron chi connectivity index (χ2n) is 6.70. The number of ether oxygens (including phenoxy) is 1. The maximum Gasteiger partial charge on any atom is 0.276 e. The highest BCUT2D eigenvalue weighted by Crippen LogP contribution is 2.24. The van der Waals surface area contributed by atoms with Crippen LogP contribution in [-0.4, -0.2) is 23.2 Å². The molecule has 0 aliphatic rings. The Morgan fingerprint density at radius 2 is 1.75 bits per heavy atom. The molecule has 3 rings (SSSR count). The van der Waals surface area contributed by atoms with Crippen molar-refractivity contribution in [3.8, 4) is 5.75 Å². The van der Waals surface area contributed by atoms with Gasteiger partial charge in [0.2, 0.25) is 0 Å². The maximum atomic E-state index is 12.5. The molecule has 6 heteroatoms. The lowest BCUT2D eigenvalue weighted by Gasteiger charge is -2.13. The molecule has 2 aromatic carbocycles. The highest BCUT2D eigenvalue weighted by atomic mass is 16.5. The molecule has 6 nitrogen and oxygen atoms in total. The number of hydrogen-bond acceptors (Lipinski definition) is 5. The lowest BCUT2D eigenvalue weighted by molar-refractivity contribution is 0.102. The van der Waals surface area contributed by atoms with E-state index in [9.17, 15) is 4.79 Å². The Morgan fingerprint density at radius 1 is 1.00 bits per heavy atom. The van der Waals surface area contributed by atoms with Gasteiger partial charge in [0.1, 0.15) is 11.6 Å². The van der Waals surface area contributed by atoms with Crippen molar-refractivity contribution in [1.29, 1.82) is 0 Å². The van der Waals surface area contributed by atoms with E-state index >= 15 is 0 Å². The number of hydrogen-bond donors (Lipinski definition) is 2. The minimum absolute atomic E-state index is 0.272. The zero-order chi connectivity index (χ0) is 19.9. The van der Waals surface area contributed by atoms with Crippen LogP contribution in [0.15, 0.2) is 60.7 Å². The number of nitrogens with zero attached hydrogens (tertiary/aromatic N) is 2. The molecule has 2 N–H and O–H groups in total. The van der Waals surface area contributed by atoms with E-state index in [2.05, 4.69) is 34.7 Å². The molecule has 28 heavy (non-hydrogen) atoms. The number of carbonyl (C=O) groups is 1. The third-order valence-corrected chi connectivity index (χ3v) is 4.36. The van der Waals surface area contributed by atoms with Gasteiger partial charge in [-0.2, -0.15) is 0 Å². The van der Waals surface area contributed by atoms with Crippen molar-refractivity contribution >= 4 is 17.4 Å². The first-order chi connectivity index (χ1) is 13.6. The Bertz CT molecular complexity index is 922. The number of para-hydroxylation sites is 1. The molecule has 0 bridgehead atoms. The fourth-order valence-corrected chi connectivity index (χ4v) is 2.78. The normalized spacial score (nSPS) is 10.6. The van der Waals surface area contributed by atoms with Crippen LogP contribution >= 0.6 is 0 Å². The van der Waals surface area contributed by atoms with Crippen LogP contribution in [0, 0.1) is 0 Å². The fourth-order valence-electron chi connectivity index (χ4n) is 2.78. The first kappa shape index (κ1) is 19.4. The topological polar surface area (TPSA) is 76.1 Å². The summed E-state index contributed by atoms with van der Waals surface area (Å²) in [5.41, 5.74) is 3.25. The van der Waals surface area contributed by atoms with Gasteiger partial charge in [0.05, 0.1) is 7.11 Å². The van der Waals surface area contributed by atoms with Crippen molar-refractivity contribution in [2.45, 2.75) is 26.3 Å². The van der Waals surface area contributed by atoms with Crippen molar-refractivity contribution in [2.75, 3.05) is 17.7 Å². The van der Waals surface area contributed by atoms with Gasteiger partial charge in [0.15, 0.2) is 5.69 Å². The second kappa shape index (κ2) is 8.99. The average molecular weight is 376 g/mol. The molecule has 0 aliphatic carbocycles. The quantitative estimate of drug-likeness (QED) is 0.636. The Balaban J connectivity index is 1.61. The summed E-state index contributed by atoms with van der Waals surface area (Å²) in [5, 5.41) is 14.3. The van der Waals surface area contributed by atoms with E-state index in [4.69, 9.17) is 4.74 Å². The van der Waals surface area contributed by atoms with Crippen LogP contribution in [0.2, 0.25) is 0 Å². The van der Waals surface area contributed by atoms with Crippen LogP contribution in [-0.2, 0) is 6.54 Å². The average Bonchev–Trinajstić information content (AvgIpc) is 2.73. The molecule has 0 spiro atoms. The summed E-state index contributed by atoms with van der Waals surface area (Å²) in [5.74, 6) is 1.46. The van der Waals surface area contributed by atoms with E-state index in [0.717, 1.165) is 22.6 Å². The number of rotatable bonds is 7. The Morgan fingerprint density at radius 3 is 2.39 bits per heavy atom. The van der Waals surface area contributed by atoms with Crippen LogP contribution in [0.3, 0.4) is 0 Å². The van der Waals surface area contributed by atoms with Crippen LogP contribution in [0.4, 0.5) is 11.5 Å². The molecule has 0 saturated heterocycles. The minimum atomic E-state index is -0.276. The van der Waals surface area contributed by atoms with Gasteiger partial charge in [-0.15, -0.1) is 10.2 Å². The van der Waals surface area contributed by atoms with Crippen molar-refractivity contribution in [1.82, 2.24) is 10.2 Å². The number of carbonyl (C=O) groups excluding carboxylic acids is 1. The number of benzene rings is 2. The monoisotopic (exact) mass is 376 g/mol. The molecule has 1 amide bonds. The maximum absolute atomic E-state index is 12.5. The number of aromatic nitrogens is 2. The molecule has 144 valence electrons. The van der Waals surface area contributed by atoms with Gasteiger partial charge in [-0.1, -0.05) is 44.2 Å². The predicted octanol–water partition coefficient (Wildman–Crippen LogP) is 4.47. The Labute approximate surface area is 165 Å². The molecular formula is C22H24N4O2. The first-order valence-electron chi connectivity index (χ1n) is 9.17. The van der Waals surface area contributed by atoms with Crippen molar-refractivity contribution in [3.05, 3.63) is 77.5 Å². The smallest absolute Gasteiger partial charge is 0.276 e. The van der Waals surface area contributed by atoms with Crippen LogP contribution < -0.4 is 15.4 Å². The highest BCUT2D eigenvalue weighted by molar-refractivity contribution is 6.03. The summed E-state index contributed by atoms with van der Waals surface area (Å²) in [6, 6.07) is 19.0. The lowest BCUT2D eigenvalue weighted by Crippen LogP contribution is -2.16. The van der Waals surface area contributed by atoms with Crippen molar-refractivity contribution < 1.29 is 9.53 Å². The van der Waals surface area contributed by atoms with Crippen LogP contribution in [0.5, 0.6) is 5.75 Å². The van der Waals surface area contributed by atoms with E-state index < -0.39 is 0 Å². The van der Waals surface area contributed by atoms with Gasteiger partial charge in [-0.3, -0.25) is 4.79 Å². The van der Waals surface area contributed by atoms with Gasteiger partial charge in [-0.05, 0) is 47.4 Å². The Hall–Kier alpha value is -3.41. The standard InChI is InChI=1S/C22H24N4O2/c1-15(2)18-6-4-5-7-19(18)24-22(27)20-12-13-21(26-25-20)23-14-16-8-10-17(28-3)11-9-16/h4-13,15H,14H2,1-3H3,(H,23,26)(H,24,27). The lowest BCUT2D eigenvalue weighted by atomic mass is 10.0. The summed E-state index contributed by atoms with van der Waals surface area (Å²) in [6.45, 7) is 4.79. The number of amides is 1. The molecular weight excluding hydrogens is 352 g/mol. The van der Waals surface area contributed by atoms with Gasteiger partial charge >= 0.3 is 0 Å². The van der Waals surface area contributed by atoms with E-state index in [0.29, 0.717) is 18.3 Å². The van der Waals surface area contributed by atoms with E-state index in [-0.39, 0.29) is 11.6 Å². The molecule has 3 aromatic rings. The van der Waals surface area contributed by atoms with E-state index in [1.807, 2.05) is 48.5 Å². The molecule has 0 unspecified atom stereocenters. The third kappa shape index (κ3) is 4.85. The number of anilines is 2. The highest BCUT2D eigenvalue weighted by Gasteiger charge is 2.12. The largest absolute Gasteiger partial charge is 0.497 e. The summed E-state index contributed by atoms with van der Waals surface area (Å²) >= 11 is 0. The van der Waals surface area contributed by atoms with Crippen LogP contribution in [0.1, 0.15) is 41.4 Å². The van der Waals surface area contributed by atoms with Gasteiger partial charge in [-0.25, -0.2) is 0 Å². The molecule has 0 saturated carbocycles. The SMILES string of the molecule is COc1ccc(CNc2ccc(C(=O)Nc3ccccc3C(C)C)nn2)cc1. The summed E-state index contributed by atoms with van der Waals surface area (Å²) in [4.78, 5) is 12.5. The zero-order valence-corrected chi connectivity index (χ0v) is 16.3. The predicted molar refractivity (Wildman–Crippen MR) is 111 cm³/mol. The first-order valence-corrected chi connectivity index (χ1v) is 9.17. The summed E-state index contributed by atoms with van der Waals surface area (Å²) in [7, 11) is 1.64.